The predicted octanol–water partition coefficient (Wildman–Crippen LogP) is -0.403. The average Bonchev–Trinajstić information content (AvgIpc) is 2.29. The molecule has 15 heavy (non-hydrogen) atoms. The molecule has 0 saturated carbocycles. The fraction of sp³-hybridized carbons (Fsp3) is 0.273. The zero-order chi connectivity index (χ0) is 10.7. The van der Waals surface area contributed by atoms with Crippen molar-refractivity contribution in [3.8, 4) is 0 Å². The lowest BCUT2D eigenvalue weighted by Crippen LogP contribution is -2.32. The summed E-state index contributed by atoms with van der Waals surface area (Å²) in [6.45, 7) is 0.458. The van der Waals surface area contributed by atoms with Crippen molar-refractivity contribution in [2.75, 3.05) is 13.2 Å². The Hall–Kier alpha value is -1.68. The molecule has 0 radical (unpaired) electrons. The number of hydrogen-bond donors (Lipinski definition) is 1. The number of nitrogens with zero attached hydrogens (tertiary/aromatic N) is 1. The number of carbonyl (C=O) groups is 1. The SMILES string of the molecule is O=Cc1ccc2c(c1)=C(CCO)CON=2. The van der Waals surface area contributed by atoms with Crippen LogP contribution in [-0.2, 0) is 4.84 Å². The van der Waals surface area contributed by atoms with Gasteiger partial charge in [-0.25, -0.2) is 0 Å². The molecular formula is C11H11NO3. The molecule has 0 amide bonds. The molecule has 0 atom stereocenters. The molecular weight excluding hydrogens is 194 g/mol. The van der Waals surface area contributed by atoms with Gasteiger partial charge in [-0.05, 0) is 30.2 Å². The normalized spacial score (nSPS) is 13.8. The molecule has 0 unspecified atom stereocenters. The Labute approximate surface area is 86.5 Å². The number of aliphatic hydroxyl groups is 1. The zero-order valence-electron chi connectivity index (χ0n) is 8.14. The number of rotatable bonds is 3. The van der Waals surface area contributed by atoms with Crippen molar-refractivity contribution in [3.63, 3.8) is 0 Å². The molecule has 1 aromatic carbocycles. The van der Waals surface area contributed by atoms with E-state index in [4.69, 9.17) is 9.94 Å². The Morgan fingerprint density at radius 3 is 3.13 bits per heavy atom. The molecule has 0 saturated heterocycles. The van der Waals surface area contributed by atoms with Crippen molar-refractivity contribution >= 4 is 11.9 Å². The lowest BCUT2D eigenvalue weighted by atomic mass is 10.1. The third kappa shape index (κ3) is 1.89. The maximum atomic E-state index is 10.6. The van der Waals surface area contributed by atoms with Crippen LogP contribution in [0.15, 0.2) is 23.4 Å². The highest BCUT2D eigenvalue weighted by atomic mass is 16.6. The molecule has 4 heteroatoms. The fourth-order valence-corrected chi connectivity index (χ4v) is 1.59. The Kier molecular flexibility index (Phi) is 2.78. The van der Waals surface area contributed by atoms with Crippen molar-refractivity contribution in [2.45, 2.75) is 6.42 Å². The monoisotopic (exact) mass is 205 g/mol. The molecule has 78 valence electrons. The van der Waals surface area contributed by atoms with Gasteiger partial charge in [0.1, 0.15) is 18.3 Å². The number of fused-ring (bicyclic) bond motifs is 1. The molecule has 1 aliphatic rings. The third-order valence-corrected chi connectivity index (χ3v) is 2.35. The van der Waals surface area contributed by atoms with Crippen LogP contribution in [-0.4, -0.2) is 24.6 Å². The number of hydrogen-bond acceptors (Lipinski definition) is 4. The summed E-state index contributed by atoms with van der Waals surface area (Å²) in [5, 5.41) is 14.4. The van der Waals surface area contributed by atoms with E-state index in [-0.39, 0.29) is 6.61 Å². The first-order chi connectivity index (χ1) is 7.35. The fourth-order valence-electron chi connectivity index (χ4n) is 1.59. The van der Waals surface area contributed by atoms with Gasteiger partial charge >= 0.3 is 0 Å². The smallest absolute Gasteiger partial charge is 0.150 e. The van der Waals surface area contributed by atoms with Crippen LogP contribution < -0.4 is 10.6 Å². The van der Waals surface area contributed by atoms with Crippen LogP contribution in [0.25, 0.3) is 5.57 Å². The second kappa shape index (κ2) is 4.23. The van der Waals surface area contributed by atoms with Crippen LogP contribution in [0, 0.1) is 0 Å². The van der Waals surface area contributed by atoms with E-state index in [2.05, 4.69) is 5.16 Å². The van der Waals surface area contributed by atoms with Crippen LogP contribution >= 0.6 is 0 Å². The van der Waals surface area contributed by atoms with E-state index in [1.807, 2.05) is 0 Å². The van der Waals surface area contributed by atoms with E-state index in [1.165, 1.54) is 0 Å². The summed E-state index contributed by atoms with van der Waals surface area (Å²) in [7, 11) is 0. The zero-order valence-corrected chi connectivity index (χ0v) is 8.14. The molecule has 4 nitrogen and oxygen atoms in total. The van der Waals surface area contributed by atoms with Crippen molar-refractivity contribution in [1.82, 2.24) is 0 Å². The first-order valence-electron chi connectivity index (χ1n) is 4.73. The van der Waals surface area contributed by atoms with Crippen molar-refractivity contribution in [3.05, 3.63) is 34.3 Å². The van der Waals surface area contributed by atoms with Crippen LogP contribution in [0.3, 0.4) is 0 Å². The first-order valence-corrected chi connectivity index (χ1v) is 4.73. The standard InChI is InChI=1S/C11H11NO3/c13-4-3-9-7-15-12-11-2-1-8(6-14)5-10(9)11/h1-2,5-6,13H,3-4,7H2. The summed E-state index contributed by atoms with van der Waals surface area (Å²) >= 11 is 0. The maximum absolute atomic E-state index is 10.6. The van der Waals surface area contributed by atoms with E-state index in [0.717, 1.165) is 22.4 Å². The van der Waals surface area contributed by atoms with Gasteiger partial charge in [-0.2, -0.15) is 0 Å². The minimum Gasteiger partial charge on any atom is -0.396 e. The molecule has 0 fully saturated rings. The summed E-state index contributed by atoms with van der Waals surface area (Å²) in [6, 6.07) is 5.22. The predicted molar refractivity (Wildman–Crippen MR) is 53.7 cm³/mol. The molecule has 2 rings (SSSR count). The minimum atomic E-state index is 0.0729. The molecule has 1 heterocycles. The highest BCUT2D eigenvalue weighted by Crippen LogP contribution is 2.03. The Morgan fingerprint density at radius 1 is 1.53 bits per heavy atom. The molecule has 1 N–H and O–H groups in total. The van der Waals surface area contributed by atoms with Gasteiger partial charge in [-0.15, -0.1) is 0 Å². The van der Waals surface area contributed by atoms with Gasteiger partial charge < -0.3 is 9.94 Å². The van der Waals surface area contributed by atoms with E-state index in [1.54, 1.807) is 18.2 Å². The number of carbonyl (C=O) groups excluding carboxylic acids is 1. The second-order valence-corrected chi connectivity index (χ2v) is 3.34. The molecule has 0 aliphatic carbocycles. The van der Waals surface area contributed by atoms with Gasteiger partial charge in [0, 0.05) is 17.4 Å². The van der Waals surface area contributed by atoms with E-state index >= 15 is 0 Å². The maximum Gasteiger partial charge on any atom is 0.150 e. The summed E-state index contributed by atoms with van der Waals surface area (Å²) in [4.78, 5) is 15.7. The number of aldehydes is 1. The van der Waals surface area contributed by atoms with Gasteiger partial charge in [0.2, 0.25) is 0 Å². The first kappa shape index (κ1) is 9.86. The van der Waals surface area contributed by atoms with Crippen LogP contribution in [0.4, 0.5) is 0 Å². The van der Waals surface area contributed by atoms with Gasteiger partial charge in [0.05, 0.1) is 0 Å². The number of aliphatic hydroxyl groups excluding tert-OH is 1. The third-order valence-electron chi connectivity index (χ3n) is 2.35. The molecule has 0 aromatic heterocycles. The lowest BCUT2D eigenvalue weighted by molar-refractivity contribution is 0.112. The van der Waals surface area contributed by atoms with Gasteiger partial charge in [-0.3, -0.25) is 4.79 Å². The quantitative estimate of drug-likeness (QED) is 0.683. The largest absolute Gasteiger partial charge is 0.396 e. The van der Waals surface area contributed by atoms with Crippen LogP contribution in [0.2, 0.25) is 0 Å². The summed E-state index contributed by atoms with van der Waals surface area (Å²) < 4.78 is 0. The van der Waals surface area contributed by atoms with Crippen molar-refractivity contribution in [2.24, 2.45) is 5.16 Å². The summed E-state index contributed by atoms with van der Waals surface area (Å²) in [5.41, 5.74) is 1.59. The highest BCUT2D eigenvalue weighted by Gasteiger charge is 2.06. The van der Waals surface area contributed by atoms with Gasteiger partial charge in [0.25, 0.3) is 0 Å². The molecule has 1 aliphatic heterocycles. The average molecular weight is 205 g/mol. The Bertz CT molecular complexity index is 493. The molecule has 0 bridgehead atoms. The van der Waals surface area contributed by atoms with E-state index < -0.39 is 0 Å². The molecule has 0 spiro atoms. The van der Waals surface area contributed by atoms with Crippen LogP contribution in [0.5, 0.6) is 0 Å². The topological polar surface area (TPSA) is 58.9 Å². The highest BCUT2D eigenvalue weighted by molar-refractivity contribution is 5.74. The summed E-state index contributed by atoms with van der Waals surface area (Å²) in [5.74, 6) is 0. The minimum absolute atomic E-state index is 0.0729. The van der Waals surface area contributed by atoms with E-state index in [0.29, 0.717) is 18.6 Å². The van der Waals surface area contributed by atoms with Gasteiger partial charge in [-0.1, -0.05) is 5.16 Å². The Balaban J connectivity index is 2.65. The van der Waals surface area contributed by atoms with Crippen molar-refractivity contribution < 1.29 is 14.7 Å². The Morgan fingerprint density at radius 2 is 2.40 bits per heavy atom. The number of benzene rings is 1. The second-order valence-electron chi connectivity index (χ2n) is 3.34. The molecule has 1 aromatic rings. The lowest BCUT2D eigenvalue weighted by Gasteiger charge is -2.09. The van der Waals surface area contributed by atoms with Crippen molar-refractivity contribution in [1.29, 1.82) is 0 Å². The van der Waals surface area contributed by atoms with Gasteiger partial charge in [0.15, 0.2) is 0 Å². The van der Waals surface area contributed by atoms with E-state index in [9.17, 15) is 4.79 Å². The van der Waals surface area contributed by atoms with Crippen LogP contribution in [0.1, 0.15) is 16.8 Å². The summed E-state index contributed by atoms with van der Waals surface area (Å²) in [6.07, 6.45) is 1.34.